The number of benzene rings is 2. The van der Waals surface area contributed by atoms with Crippen LogP contribution in [0.5, 0.6) is 0 Å². The SMILES string of the molecule is CC[C@H](C)[C@H](NC(=O)c1nonc1NC(=O)OCC1c2ccccc2-c2ccccc21)C(=O)O. The van der Waals surface area contributed by atoms with E-state index in [0.29, 0.717) is 6.42 Å². The predicted molar refractivity (Wildman–Crippen MR) is 121 cm³/mol. The molecule has 4 rings (SSSR count). The van der Waals surface area contributed by atoms with Crippen molar-refractivity contribution >= 4 is 23.8 Å². The molecule has 0 aliphatic heterocycles. The molecular formula is C24H24N4O6. The first kappa shape index (κ1) is 23.0. The number of nitrogens with one attached hydrogen (secondary N) is 2. The van der Waals surface area contributed by atoms with E-state index in [9.17, 15) is 19.5 Å². The first-order valence-electron chi connectivity index (χ1n) is 10.9. The molecule has 10 heteroatoms. The molecule has 2 atom stereocenters. The number of aromatic nitrogens is 2. The van der Waals surface area contributed by atoms with E-state index in [0.717, 1.165) is 22.3 Å². The van der Waals surface area contributed by atoms with Crippen LogP contribution in [-0.2, 0) is 9.53 Å². The van der Waals surface area contributed by atoms with Gasteiger partial charge in [-0.05, 0) is 38.5 Å². The van der Waals surface area contributed by atoms with Gasteiger partial charge in [-0.2, -0.15) is 0 Å². The minimum atomic E-state index is -1.18. The van der Waals surface area contributed by atoms with E-state index < -0.39 is 24.0 Å². The van der Waals surface area contributed by atoms with Crippen LogP contribution >= 0.6 is 0 Å². The van der Waals surface area contributed by atoms with Crippen LogP contribution in [0.2, 0.25) is 0 Å². The molecule has 3 N–H and O–H groups in total. The molecule has 1 aromatic heterocycles. The molecule has 0 fully saturated rings. The average Bonchev–Trinajstić information content (AvgIpc) is 3.43. The van der Waals surface area contributed by atoms with Crippen molar-refractivity contribution in [2.24, 2.45) is 5.92 Å². The zero-order valence-electron chi connectivity index (χ0n) is 18.6. The van der Waals surface area contributed by atoms with Gasteiger partial charge in [0.05, 0.1) is 0 Å². The number of fused-ring (bicyclic) bond motifs is 3. The molecule has 1 aliphatic carbocycles. The van der Waals surface area contributed by atoms with Crippen molar-refractivity contribution in [1.29, 1.82) is 0 Å². The molecule has 0 radical (unpaired) electrons. The van der Waals surface area contributed by atoms with Gasteiger partial charge in [0.1, 0.15) is 12.6 Å². The Bertz CT molecular complexity index is 1180. The molecular weight excluding hydrogens is 440 g/mol. The van der Waals surface area contributed by atoms with Crippen LogP contribution in [0, 0.1) is 5.92 Å². The molecule has 2 aromatic carbocycles. The second-order valence-electron chi connectivity index (χ2n) is 8.09. The largest absolute Gasteiger partial charge is 0.480 e. The molecule has 0 saturated heterocycles. The van der Waals surface area contributed by atoms with Crippen LogP contribution in [0.1, 0.15) is 47.8 Å². The van der Waals surface area contributed by atoms with Crippen molar-refractivity contribution in [3.05, 3.63) is 65.4 Å². The fraction of sp³-hybridized carbons (Fsp3) is 0.292. The van der Waals surface area contributed by atoms with Gasteiger partial charge in [0.2, 0.25) is 11.5 Å². The Morgan fingerprint density at radius 3 is 2.26 bits per heavy atom. The predicted octanol–water partition coefficient (Wildman–Crippen LogP) is 3.66. The number of ether oxygens (including phenoxy) is 1. The van der Waals surface area contributed by atoms with Crippen molar-refractivity contribution in [3.8, 4) is 11.1 Å². The lowest BCUT2D eigenvalue weighted by atomic mass is 9.98. The normalized spacial score (nSPS) is 13.9. The van der Waals surface area contributed by atoms with Crippen molar-refractivity contribution in [2.45, 2.75) is 32.2 Å². The average molecular weight is 464 g/mol. The fourth-order valence-electron chi connectivity index (χ4n) is 4.04. The Kier molecular flexibility index (Phi) is 6.58. The highest BCUT2D eigenvalue weighted by Crippen LogP contribution is 2.44. The molecule has 3 aromatic rings. The van der Waals surface area contributed by atoms with E-state index in [-0.39, 0.29) is 30.0 Å². The van der Waals surface area contributed by atoms with Gasteiger partial charge in [-0.1, -0.05) is 68.8 Å². The van der Waals surface area contributed by atoms with Crippen molar-refractivity contribution < 1.29 is 28.9 Å². The van der Waals surface area contributed by atoms with Crippen molar-refractivity contribution in [3.63, 3.8) is 0 Å². The number of carbonyl (C=O) groups is 3. The smallest absolute Gasteiger partial charge is 0.412 e. The maximum atomic E-state index is 12.6. The Labute approximate surface area is 195 Å². The lowest BCUT2D eigenvalue weighted by molar-refractivity contribution is -0.140. The number of carboxylic acid groups (broad SMARTS) is 1. The lowest BCUT2D eigenvalue weighted by Gasteiger charge is -2.19. The minimum absolute atomic E-state index is 0.0712. The second-order valence-corrected chi connectivity index (χ2v) is 8.09. The van der Waals surface area contributed by atoms with Gasteiger partial charge in [-0.3, -0.25) is 10.1 Å². The van der Waals surface area contributed by atoms with Crippen LogP contribution in [0.3, 0.4) is 0 Å². The van der Waals surface area contributed by atoms with E-state index in [1.165, 1.54) is 0 Å². The van der Waals surface area contributed by atoms with Crippen LogP contribution in [-0.4, -0.2) is 46.0 Å². The van der Waals surface area contributed by atoms with Crippen LogP contribution < -0.4 is 10.6 Å². The first-order valence-corrected chi connectivity index (χ1v) is 10.9. The van der Waals surface area contributed by atoms with Gasteiger partial charge < -0.3 is 15.2 Å². The van der Waals surface area contributed by atoms with Gasteiger partial charge in [0, 0.05) is 5.92 Å². The highest BCUT2D eigenvalue weighted by molar-refractivity contribution is 6.01. The maximum absolute atomic E-state index is 12.6. The highest BCUT2D eigenvalue weighted by Gasteiger charge is 2.31. The van der Waals surface area contributed by atoms with Crippen molar-refractivity contribution in [1.82, 2.24) is 15.6 Å². The number of carbonyl (C=O) groups excluding carboxylic acids is 2. The third-order valence-corrected chi connectivity index (χ3v) is 6.03. The maximum Gasteiger partial charge on any atom is 0.412 e. The minimum Gasteiger partial charge on any atom is -0.480 e. The Balaban J connectivity index is 1.42. The quantitative estimate of drug-likeness (QED) is 0.458. The molecule has 2 amide bonds. The van der Waals surface area contributed by atoms with Gasteiger partial charge in [0.15, 0.2) is 0 Å². The number of aliphatic carboxylic acids is 1. The fourth-order valence-corrected chi connectivity index (χ4v) is 4.04. The first-order chi connectivity index (χ1) is 16.4. The number of nitrogens with zero attached hydrogens (tertiary/aromatic N) is 2. The van der Waals surface area contributed by atoms with Gasteiger partial charge in [0.25, 0.3) is 5.91 Å². The summed E-state index contributed by atoms with van der Waals surface area (Å²) in [7, 11) is 0. The molecule has 10 nitrogen and oxygen atoms in total. The number of carboxylic acids is 1. The monoisotopic (exact) mass is 464 g/mol. The number of hydrogen-bond acceptors (Lipinski definition) is 7. The Hall–Kier alpha value is -4.21. The Morgan fingerprint density at radius 2 is 1.68 bits per heavy atom. The summed E-state index contributed by atoms with van der Waals surface area (Å²) in [6.07, 6.45) is -0.303. The molecule has 1 heterocycles. The number of hydrogen-bond donors (Lipinski definition) is 3. The van der Waals surface area contributed by atoms with E-state index >= 15 is 0 Å². The standard InChI is InChI=1S/C24H24N4O6/c1-3-13(2)19(23(30)31)25-22(29)20-21(28-34-27-20)26-24(32)33-12-18-16-10-6-4-8-14(16)15-9-5-7-11-17(15)18/h4-11,13,18-19H,3,12H2,1-2H3,(H,25,29)(H,30,31)(H,26,28,32)/t13-,19-/m0/s1. The zero-order valence-corrected chi connectivity index (χ0v) is 18.6. The molecule has 176 valence electrons. The summed E-state index contributed by atoms with van der Waals surface area (Å²) >= 11 is 0. The molecule has 0 saturated carbocycles. The summed E-state index contributed by atoms with van der Waals surface area (Å²) in [5.74, 6) is -2.72. The molecule has 34 heavy (non-hydrogen) atoms. The zero-order chi connectivity index (χ0) is 24.2. The summed E-state index contributed by atoms with van der Waals surface area (Å²) < 4.78 is 10.0. The molecule has 1 aliphatic rings. The van der Waals surface area contributed by atoms with Gasteiger partial charge in [-0.25, -0.2) is 14.2 Å². The molecule has 0 spiro atoms. The summed E-state index contributed by atoms with van der Waals surface area (Å²) in [5.41, 5.74) is 3.97. The third kappa shape index (κ3) is 4.47. The summed E-state index contributed by atoms with van der Waals surface area (Å²) in [6, 6.07) is 14.7. The number of rotatable bonds is 8. The summed E-state index contributed by atoms with van der Waals surface area (Å²) in [5, 5.41) is 21.2. The number of amides is 2. The topological polar surface area (TPSA) is 144 Å². The van der Waals surface area contributed by atoms with Crippen LogP contribution in [0.25, 0.3) is 11.1 Å². The highest BCUT2D eigenvalue weighted by atomic mass is 16.6. The van der Waals surface area contributed by atoms with E-state index in [2.05, 4.69) is 25.6 Å². The second kappa shape index (κ2) is 9.74. The summed E-state index contributed by atoms with van der Waals surface area (Å²) in [6.45, 7) is 3.59. The molecule has 0 unspecified atom stereocenters. The van der Waals surface area contributed by atoms with Crippen LogP contribution in [0.4, 0.5) is 10.6 Å². The lowest BCUT2D eigenvalue weighted by Crippen LogP contribution is -2.45. The van der Waals surface area contributed by atoms with Crippen molar-refractivity contribution in [2.75, 3.05) is 11.9 Å². The van der Waals surface area contributed by atoms with Gasteiger partial charge >= 0.3 is 12.1 Å². The third-order valence-electron chi connectivity index (χ3n) is 6.03. The van der Waals surface area contributed by atoms with Crippen LogP contribution in [0.15, 0.2) is 53.2 Å². The van der Waals surface area contributed by atoms with E-state index in [1.807, 2.05) is 55.5 Å². The number of anilines is 1. The molecule has 0 bridgehead atoms. The van der Waals surface area contributed by atoms with E-state index in [4.69, 9.17) is 4.74 Å². The van der Waals surface area contributed by atoms with E-state index in [1.54, 1.807) is 6.92 Å². The van der Waals surface area contributed by atoms with Gasteiger partial charge in [-0.15, -0.1) is 0 Å². The Morgan fingerprint density at radius 1 is 1.06 bits per heavy atom. The summed E-state index contributed by atoms with van der Waals surface area (Å²) in [4.78, 5) is 36.5.